The van der Waals surface area contributed by atoms with Crippen LogP contribution in [0.3, 0.4) is 0 Å². The fraction of sp³-hybridized carbons (Fsp3) is 0.750. The second-order valence-corrected chi connectivity index (χ2v) is 1.39. The van der Waals surface area contributed by atoms with Gasteiger partial charge < -0.3 is 10.4 Å². The topological polar surface area (TPSA) is 52.3 Å². The lowest BCUT2D eigenvalue weighted by Gasteiger charge is -1.93. The van der Waals surface area contributed by atoms with Crippen molar-refractivity contribution >= 4 is 13.5 Å². The van der Waals surface area contributed by atoms with Gasteiger partial charge in [-0.15, -0.1) is 0 Å². The van der Waals surface area contributed by atoms with Crippen LogP contribution in [0.25, 0.3) is 0 Å². The zero-order valence-corrected chi connectivity index (χ0v) is 4.97. The minimum absolute atomic E-state index is 0.0699. The number of carbonyl (C=O) groups is 1. The van der Waals surface area contributed by atoms with E-state index in [2.05, 4.69) is 4.65 Å². The molecule has 0 aromatic heterocycles. The first-order chi connectivity index (χ1) is 4.27. The number of hydrogen-bond acceptors (Lipinski definition) is 3. The highest BCUT2D eigenvalue weighted by molar-refractivity contribution is 6.27. The van der Waals surface area contributed by atoms with Crippen LogP contribution in [0.4, 0.5) is 4.39 Å². The van der Waals surface area contributed by atoms with Gasteiger partial charge in [0, 0.05) is 6.42 Å². The molecule has 0 saturated carbocycles. The van der Waals surface area contributed by atoms with E-state index < -0.39 is 6.04 Å². The highest BCUT2D eigenvalue weighted by Crippen LogP contribution is 1.90. The maximum atomic E-state index is 11.4. The third kappa shape index (κ3) is 7.58. The van der Waals surface area contributed by atoms with Gasteiger partial charge in [-0.25, -0.2) is 0 Å². The Morgan fingerprint density at radius 3 is 2.89 bits per heavy atom. The van der Waals surface area contributed by atoms with Crippen molar-refractivity contribution in [3.05, 3.63) is 0 Å². The molecule has 0 atom stereocenters. The molecule has 0 aliphatic carbocycles. The largest absolute Gasteiger partial charge is 0.429 e. The Kier molecular flexibility index (Phi) is 5.45. The highest BCUT2D eigenvalue weighted by atomic mass is 19.1. The summed E-state index contributed by atoms with van der Waals surface area (Å²) < 4.78 is 15.9. The number of hydrogen-bond donors (Lipinski definition) is 1. The van der Waals surface area contributed by atoms with Gasteiger partial charge in [0.1, 0.15) is 0 Å². The number of nitrogens with two attached hydrogens (primary N) is 1. The van der Waals surface area contributed by atoms with Crippen LogP contribution in [-0.4, -0.2) is 20.3 Å². The molecule has 0 unspecified atom stereocenters. The minimum Gasteiger partial charge on any atom is -0.429 e. The lowest BCUT2D eigenvalue weighted by atomic mass is 9.93. The maximum Gasteiger partial charge on any atom is 0.300 e. The van der Waals surface area contributed by atoms with E-state index in [1.54, 1.807) is 0 Å². The molecule has 0 spiro atoms. The van der Waals surface area contributed by atoms with Crippen LogP contribution in [0, 0.1) is 0 Å². The molecule has 0 heterocycles. The first-order valence-corrected chi connectivity index (χ1v) is 2.59. The molecular formula is C4H8BFNO2. The van der Waals surface area contributed by atoms with Gasteiger partial charge in [0.05, 0.1) is 6.73 Å². The van der Waals surface area contributed by atoms with E-state index in [9.17, 15) is 9.18 Å². The van der Waals surface area contributed by atoms with Crippen molar-refractivity contribution in [2.75, 3.05) is 6.73 Å². The second-order valence-electron chi connectivity index (χ2n) is 1.39. The van der Waals surface area contributed by atoms with E-state index in [-0.39, 0.29) is 19.5 Å². The SMILES string of the molecule is NCO[B]CCC(=O)F. The molecule has 0 aliphatic rings. The van der Waals surface area contributed by atoms with Crippen LogP contribution in [0.1, 0.15) is 6.42 Å². The van der Waals surface area contributed by atoms with Crippen LogP contribution in [-0.2, 0) is 9.45 Å². The Balaban J connectivity index is 2.83. The van der Waals surface area contributed by atoms with Gasteiger partial charge in [-0.1, -0.05) is 0 Å². The number of halogens is 1. The van der Waals surface area contributed by atoms with Crippen molar-refractivity contribution in [1.82, 2.24) is 0 Å². The van der Waals surface area contributed by atoms with E-state index in [4.69, 9.17) is 5.73 Å². The van der Waals surface area contributed by atoms with Crippen molar-refractivity contribution in [3.63, 3.8) is 0 Å². The predicted octanol–water partition coefficient (Wildman–Crippen LogP) is -0.157. The molecule has 9 heavy (non-hydrogen) atoms. The average Bonchev–Trinajstić information content (AvgIpc) is 1.80. The molecule has 0 rings (SSSR count). The van der Waals surface area contributed by atoms with E-state index in [1.807, 2.05) is 0 Å². The Labute approximate surface area is 53.6 Å². The predicted molar refractivity (Wildman–Crippen MR) is 31.4 cm³/mol. The van der Waals surface area contributed by atoms with Crippen LogP contribution in [0.2, 0.25) is 6.32 Å². The van der Waals surface area contributed by atoms with E-state index in [1.165, 1.54) is 7.48 Å². The van der Waals surface area contributed by atoms with Gasteiger partial charge in [0.2, 0.25) is 0 Å². The standard InChI is InChI=1S/C4H8BFNO2/c6-4(8)1-2-5-9-3-7/h1-3,7H2. The lowest BCUT2D eigenvalue weighted by Crippen LogP contribution is -2.08. The molecule has 0 fully saturated rings. The molecule has 0 amide bonds. The Hall–Kier alpha value is -0.415. The van der Waals surface area contributed by atoms with Gasteiger partial charge in [0.25, 0.3) is 7.48 Å². The molecule has 0 saturated heterocycles. The van der Waals surface area contributed by atoms with Crippen LogP contribution in [0.5, 0.6) is 0 Å². The number of rotatable bonds is 5. The fourth-order valence-electron chi connectivity index (χ4n) is 0.324. The molecule has 3 nitrogen and oxygen atoms in total. The number of carbonyl (C=O) groups excluding carboxylic acids is 1. The Morgan fingerprint density at radius 2 is 2.44 bits per heavy atom. The highest BCUT2D eigenvalue weighted by Gasteiger charge is 1.97. The second kappa shape index (κ2) is 5.72. The average molecular weight is 132 g/mol. The van der Waals surface area contributed by atoms with Crippen molar-refractivity contribution < 1.29 is 13.8 Å². The quantitative estimate of drug-likeness (QED) is 0.245. The van der Waals surface area contributed by atoms with Crippen molar-refractivity contribution in [2.45, 2.75) is 12.7 Å². The molecule has 1 radical (unpaired) electrons. The van der Waals surface area contributed by atoms with Crippen LogP contribution >= 0.6 is 0 Å². The first kappa shape index (κ1) is 8.58. The maximum absolute atomic E-state index is 11.4. The molecule has 2 N–H and O–H groups in total. The summed E-state index contributed by atoms with van der Waals surface area (Å²) in [7, 11) is 1.32. The molecule has 0 aromatic rings. The summed E-state index contributed by atoms with van der Waals surface area (Å²) in [6.07, 6.45) is 0.159. The summed E-state index contributed by atoms with van der Waals surface area (Å²) in [5, 5.41) is 0. The summed E-state index contributed by atoms with van der Waals surface area (Å²) >= 11 is 0. The summed E-state index contributed by atoms with van der Waals surface area (Å²) in [6.45, 7) is 0.0699. The van der Waals surface area contributed by atoms with Gasteiger partial charge in [-0.3, -0.25) is 4.79 Å². The molecule has 5 heteroatoms. The zero-order valence-electron chi connectivity index (χ0n) is 4.97. The van der Waals surface area contributed by atoms with Gasteiger partial charge in [0.15, 0.2) is 0 Å². The van der Waals surface area contributed by atoms with E-state index in [0.717, 1.165) is 0 Å². The molecule has 0 aliphatic heterocycles. The molecular weight excluding hydrogens is 124 g/mol. The van der Waals surface area contributed by atoms with Crippen molar-refractivity contribution in [3.8, 4) is 0 Å². The normalized spacial score (nSPS) is 9.11. The Bertz CT molecular complexity index is 90.6. The van der Waals surface area contributed by atoms with Crippen LogP contribution < -0.4 is 5.73 Å². The molecule has 0 bridgehead atoms. The third-order valence-electron chi connectivity index (χ3n) is 0.673. The fourth-order valence-corrected chi connectivity index (χ4v) is 0.324. The minimum atomic E-state index is -1.33. The van der Waals surface area contributed by atoms with Gasteiger partial charge >= 0.3 is 6.04 Å². The van der Waals surface area contributed by atoms with Gasteiger partial charge in [-0.2, -0.15) is 4.39 Å². The monoisotopic (exact) mass is 132 g/mol. The Morgan fingerprint density at radius 1 is 1.78 bits per heavy atom. The van der Waals surface area contributed by atoms with E-state index in [0.29, 0.717) is 0 Å². The van der Waals surface area contributed by atoms with E-state index >= 15 is 0 Å². The summed E-state index contributed by atoms with van der Waals surface area (Å²) in [5.41, 5.74) is 4.91. The summed E-state index contributed by atoms with van der Waals surface area (Å²) in [6, 6.07) is -1.33. The van der Waals surface area contributed by atoms with Gasteiger partial charge in [-0.05, 0) is 6.32 Å². The lowest BCUT2D eigenvalue weighted by molar-refractivity contribution is -0.128. The third-order valence-corrected chi connectivity index (χ3v) is 0.673. The van der Waals surface area contributed by atoms with Crippen molar-refractivity contribution in [1.29, 1.82) is 0 Å². The zero-order chi connectivity index (χ0) is 7.11. The first-order valence-electron chi connectivity index (χ1n) is 2.59. The molecule has 0 aromatic carbocycles. The van der Waals surface area contributed by atoms with Crippen LogP contribution in [0.15, 0.2) is 0 Å². The molecule has 51 valence electrons. The summed E-state index contributed by atoms with van der Waals surface area (Å²) in [5.74, 6) is 0. The smallest absolute Gasteiger partial charge is 0.300 e. The van der Waals surface area contributed by atoms with Crippen molar-refractivity contribution in [2.24, 2.45) is 5.73 Å². The summed E-state index contributed by atoms with van der Waals surface area (Å²) in [4.78, 5) is 9.63.